The van der Waals surface area contributed by atoms with E-state index in [0.29, 0.717) is 10.9 Å². The minimum Gasteiger partial charge on any atom is -0.440 e. The molecule has 1 heterocycles. The quantitative estimate of drug-likeness (QED) is 0.663. The lowest BCUT2D eigenvalue weighted by Crippen LogP contribution is -2.14. The summed E-state index contributed by atoms with van der Waals surface area (Å²) in [5.41, 5.74) is 8.84. The van der Waals surface area contributed by atoms with E-state index in [9.17, 15) is 4.79 Å². The first-order valence-corrected chi connectivity index (χ1v) is 6.74. The summed E-state index contributed by atoms with van der Waals surface area (Å²) in [7, 11) is 0. The Labute approximate surface area is 115 Å². The number of anilines is 2. The second kappa shape index (κ2) is 5.79. The van der Waals surface area contributed by atoms with Crippen molar-refractivity contribution in [3.8, 4) is 0 Å². The van der Waals surface area contributed by atoms with Gasteiger partial charge in [-0.15, -0.1) is 0 Å². The molecule has 0 fully saturated rings. The summed E-state index contributed by atoms with van der Waals surface area (Å²) in [4.78, 5) is 15.9. The molecule has 2 aromatic rings. The number of aryl methyl sites for hydroxylation is 2. The first-order chi connectivity index (χ1) is 9.04. The lowest BCUT2D eigenvalue weighted by molar-refractivity contribution is -0.113. The van der Waals surface area contributed by atoms with Crippen LogP contribution in [0.4, 0.5) is 11.4 Å². The molecule has 0 bridgehead atoms. The number of hydrogen-bond acceptors (Lipinski definition) is 5. The van der Waals surface area contributed by atoms with E-state index in [-0.39, 0.29) is 11.7 Å². The number of hydrogen-bond donors (Lipinski definition) is 2. The number of rotatable bonds is 4. The number of benzene rings is 1. The van der Waals surface area contributed by atoms with Crippen LogP contribution in [-0.4, -0.2) is 16.6 Å². The van der Waals surface area contributed by atoms with Crippen LogP contribution in [0.15, 0.2) is 34.1 Å². The molecule has 1 aromatic carbocycles. The lowest BCUT2D eigenvalue weighted by Gasteiger charge is -2.08. The number of carbonyl (C=O) groups excluding carboxylic acids is 1. The smallest absolute Gasteiger partial charge is 0.256 e. The molecule has 0 saturated heterocycles. The molecule has 0 atom stereocenters. The molecule has 2 rings (SSSR count). The van der Waals surface area contributed by atoms with Crippen molar-refractivity contribution in [3.05, 3.63) is 35.7 Å². The van der Waals surface area contributed by atoms with Gasteiger partial charge in [0.2, 0.25) is 5.91 Å². The number of aromatic nitrogens is 1. The molecule has 0 unspecified atom stereocenters. The van der Waals surface area contributed by atoms with Crippen molar-refractivity contribution in [3.63, 3.8) is 0 Å². The summed E-state index contributed by atoms with van der Waals surface area (Å²) in [6, 6.07) is 5.37. The monoisotopic (exact) mass is 277 g/mol. The summed E-state index contributed by atoms with van der Waals surface area (Å²) in [5, 5.41) is 3.33. The van der Waals surface area contributed by atoms with Gasteiger partial charge in [-0.3, -0.25) is 4.79 Å². The minimum atomic E-state index is -0.103. The van der Waals surface area contributed by atoms with E-state index in [1.165, 1.54) is 11.8 Å². The highest BCUT2D eigenvalue weighted by Gasteiger charge is 2.08. The Kier molecular flexibility index (Phi) is 4.11. The first-order valence-electron chi connectivity index (χ1n) is 5.75. The third kappa shape index (κ3) is 3.75. The molecular formula is C13H15N3O2S. The van der Waals surface area contributed by atoms with Crippen molar-refractivity contribution in [2.75, 3.05) is 16.8 Å². The first kappa shape index (κ1) is 13.5. The van der Waals surface area contributed by atoms with Gasteiger partial charge in [0.25, 0.3) is 5.22 Å². The Balaban J connectivity index is 1.90. The van der Waals surface area contributed by atoms with Crippen LogP contribution in [-0.2, 0) is 4.79 Å². The molecule has 0 radical (unpaired) electrons. The molecule has 1 aromatic heterocycles. The van der Waals surface area contributed by atoms with Crippen LogP contribution >= 0.6 is 11.8 Å². The van der Waals surface area contributed by atoms with E-state index >= 15 is 0 Å². The highest BCUT2D eigenvalue weighted by molar-refractivity contribution is 7.99. The number of carbonyl (C=O) groups is 1. The van der Waals surface area contributed by atoms with Crippen molar-refractivity contribution in [2.24, 2.45) is 0 Å². The Hall–Kier alpha value is -1.95. The van der Waals surface area contributed by atoms with Gasteiger partial charge in [-0.2, -0.15) is 0 Å². The Bertz CT molecular complexity index is 595. The standard InChI is InChI=1S/C13H15N3O2S/c1-8-5-10(14)3-4-11(8)16-12(17)7-19-13-15-9(2)6-18-13/h3-6H,7,14H2,1-2H3,(H,16,17). The highest BCUT2D eigenvalue weighted by atomic mass is 32.2. The molecule has 0 aliphatic heterocycles. The van der Waals surface area contributed by atoms with Gasteiger partial charge in [0.1, 0.15) is 6.26 Å². The number of nitrogens with two attached hydrogens (primary N) is 1. The Morgan fingerprint density at radius 3 is 2.89 bits per heavy atom. The predicted molar refractivity (Wildman–Crippen MR) is 76.2 cm³/mol. The average Bonchev–Trinajstić information content (AvgIpc) is 2.76. The fraction of sp³-hybridized carbons (Fsp3) is 0.231. The van der Waals surface area contributed by atoms with Crippen LogP contribution in [0.5, 0.6) is 0 Å². The van der Waals surface area contributed by atoms with Gasteiger partial charge in [-0.25, -0.2) is 4.98 Å². The number of amides is 1. The fourth-order valence-electron chi connectivity index (χ4n) is 1.54. The molecule has 6 heteroatoms. The van der Waals surface area contributed by atoms with Gasteiger partial charge < -0.3 is 15.5 Å². The van der Waals surface area contributed by atoms with E-state index in [1.54, 1.807) is 18.4 Å². The zero-order chi connectivity index (χ0) is 13.8. The number of nitrogens with one attached hydrogen (secondary N) is 1. The third-order valence-corrected chi connectivity index (χ3v) is 3.29. The summed E-state index contributed by atoms with van der Waals surface area (Å²) in [6.07, 6.45) is 1.56. The van der Waals surface area contributed by atoms with Crippen molar-refractivity contribution in [1.29, 1.82) is 0 Å². The Morgan fingerprint density at radius 1 is 1.47 bits per heavy atom. The molecule has 19 heavy (non-hydrogen) atoms. The third-order valence-electron chi connectivity index (χ3n) is 2.45. The van der Waals surface area contributed by atoms with Gasteiger partial charge in [-0.1, -0.05) is 11.8 Å². The van der Waals surface area contributed by atoms with E-state index in [0.717, 1.165) is 16.9 Å². The normalized spacial score (nSPS) is 10.4. The van der Waals surface area contributed by atoms with Crippen molar-refractivity contribution in [1.82, 2.24) is 4.98 Å². The lowest BCUT2D eigenvalue weighted by atomic mass is 10.2. The van der Waals surface area contributed by atoms with Gasteiger partial charge in [-0.05, 0) is 37.6 Å². The predicted octanol–water partition coefficient (Wildman–Crippen LogP) is 2.60. The van der Waals surface area contributed by atoms with E-state index < -0.39 is 0 Å². The summed E-state index contributed by atoms with van der Waals surface area (Å²) < 4.78 is 5.16. The van der Waals surface area contributed by atoms with Crippen LogP contribution in [0.3, 0.4) is 0 Å². The number of thioether (sulfide) groups is 1. The maximum atomic E-state index is 11.8. The van der Waals surface area contributed by atoms with Gasteiger partial charge in [0, 0.05) is 11.4 Å². The molecule has 0 aliphatic carbocycles. The topological polar surface area (TPSA) is 81.2 Å². The zero-order valence-electron chi connectivity index (χ0n) is 10.8. The summed E-state index contributed by atoms with van der Waals surface area (Å²) in [6.45, 7) is 3.74. The van der Waals surface area contributed by atoms with Gasteiger partial charge >= 0.3 is 0 Å². The summed E-state index contributed by atoms with van der Waals surface area (Å²) in [5.74, 6) is 0.151. The average molecular weight is 277 g/mol. The van der Waals surface area contributed by atoms with Crippen molar-refractivity contribution in [2.45, 2.75) is 19.1 Å². The second-order valence-electron chi connectivity index (χ2n) is 4.17. The molecule has 3 N–H and O–H groups in total. The maximum Gasteiger partial charge on any atom is 0.256 e. The highest BCUT2D eigenvalue weighted by Crippen LogP contribution is 2.20. The molecular weight excluding hydrogens is 262 g/mol. The van der Waals surface area contributed by atoms with Crippen LogP contribution < -0.4 is 11.1 Å². The number of oxazole rings is 1. The second-order valence-corrected chi connectivity index (χ2v) is 5.09. The molecule has 5 nitrogen and oxygen atoms in total. The van der Waals surface area contributed by atoms with Gasteiger partial charge in [0.05, 0.1) is 11.4 Å². The number of nitrogen functional groups attached to an aromatic ring is 1. The largest absolute Gasteiger partial charge is 0.440 e. The van der Waals surface area contributed by atoms with Crippen LogP contribution in [0.25, 0.3) is 0 Å². The van der Waals surface area contributed by atoms with Gasteiger partial charge in [0.15, 0.2) is 0 Å². The molecule has 100 valence electrons. The summed E-state index contributed by atoms with van der Waals surface area (Å²) >= 11 is 1.26. The van der Waals surface area contributed by atoms with Crippen molar-refractivity contribution >= 4 is 29.0 Å². The van der Waals surface area contributed by atoms with Crippen molar-refractivity contribution < 1.29 is 9.21 Å². The number of nitrogens with zero attached hydrogens (tertiary/aromatic N) is 1. The SMILES string of the molecule is Cc1coc(SCC(=O)Nc2ccc(N)cc2C)n1. The Morgan fingerprint density at radius 2 is 2.26 bits per heavy atom. The zero-order valence-corrected chi connectivity index (χ0v) is 11.6. The molecule has 0 spiro atoms. The van der Waals surface area contributed by atoms with Crippen LogP contribution in [0, 0.1) is 13.8 Å². The molecule has 0 saturated carbocycles. The van der Waals surface area contributed by atoms with Crippen LogP contribution in [0.1, 0.15) is 11.3 Å². The van der Waals surface area contributed by atoms with E-state index in [2.05, 4.69) is 10.3 Å². The van der Waals surface area contributed by atoms with E-state index in [4.69, 9.17) is 10.2 Å². The minimum absolute atomic E-state index is 0.103. The van der Waals surface area contributed by atoms with E-state index in [1.807, 2.05) is 19.9 Å². The van der Waals surface area contributed by atoms with Crippen LogP contribution in [0.2, 0.25) is 0 Å². The molecule has 0 aliphatic rings. The maximum absolute atomic E-state index is 11.8. The molecule has 1 amide bonds. The fourth-order valence-corrected chi connectivity index (χ4v) is 2.19.